The largest absolute Gasteiger partial charge is 0.492 e. The van der Waals surface area contributed by atoms with Crippen LogP contribution in [0.1, 0.15) is 18.4 Å². The average molecular weight is 298 g/mol. The summed E-state index contributed by atoms with van der Waals surface area (Å²) in [7, 11) is 0. The van der Waals surface area contributed by atoms with E-state index in [-0.39, 0.29) is 11.4 Å². The third kappa shape index (κ3) is 3.34. The predicted octanol–water partition coefficient (Wildman–Crippen LogP) is 1.30. The van der Waals surface area contributed by atoms with Gasteiger partial charge in [-0.2, -0.15) is 0 Å². The topological polar surface area (TPSA) is 111 Å². The van der Waals surface area contributed by atoms with Gasteiger partial charge in [0, 0.05) is 5.56 Å². The first-order chi connectivity index (χ1) is 9.52. The molecule has 1 aliphatic carbocycles. The zero-order chi connectivity index (χ0) is 14.7. The van der Waals surface area contributed by atoms with E-state index in [4.69, 9.17) is 33.0 Å². The van der Waals surface area contributed by atoms with Gasteiger partial charge in [-0.3, -0.25) is 5.84 Å². The van der Waals surface area contributed by atoms with Crippen molar-refractivity contribution in [2.45, 2.75) is 12.8 Å². The Hall–Kier alpha value is -1.92. The number of carboxylic acids is 1. The second-order valence-corrected chi connectivity index (χ2v) is 5.04. The van der Waals surface area contributed by atoms with Gasteiger partial charge in [-0.25, -0.2) is 4.79 Å². The first-order valence-corrected chi connectivity index (χ1v) is 6.53. The van der Waals surface area contributed by atoms with Crippen LogP contribution in [0.4, 0.5) is 0 Å². The molecular weight excluding hydrogens is 282 g/mol. The van der Waals surface area contributed by atoms with E-state index < -0.39 is 5.97 Å². The zero-order valence-corrected chi connectivity index (χ0v) is 11.5. The first kappa shape index (κ1) is 14.5. The highest BCUT2D eigenvalue weighted by molar-refractivity contribution is 6.32. The molecule has 0 atom stereocenters. The highest BCUT2D eigenvalue weighted by atomic mass is 35.5. The van der Waals surface area contributed by atoms with E-state index in [0.29, 0.717) is 28.9 Å². The lowest BCUT2D eigenvalue weighted by atomic mass is 10.1. The summed E-state index contributed by atoms with van der Waals surface area (Å²) in [6.07, 6.45) is 2.33. The highest BCUT2D eigenvalue weighted by Gasteiger charge is 2.22. The van der Waals surface area contributed by atoms with Gasteiger partial charge in [-0.05, 0) is 30.9 Å². The van der Waals surface area contributed by atoms with Crippen molar-refractivity contribution in [3.63, 3.8) is 0 Å². The predicted molar refractivity (Wildman–Crippen MR) is 75.7 cm³/mol. The third-order valence-corrected chi connectivity index (χ3v) is 3.35. The average Bonchev–Trinajstić information content (AvgIpc) is 3.22. The van der Waals surface area contributed by atoms with E-state index in [1.54, 1.807) is 18.2 Å². The fourth-order valence-corrected chi connectivity index (χ4v) is 1.84. The molecule has 20 heavy (non-hydrogen) atoms. The maximum Gasteiger partial charge on any atom is 0.355 e. The van der Waals surface area contributed by atoms with Crippen LogP contribution in [0.25, 0.3) is 5.70 Å². The fourth-order valence-electron chi connectivity index (χ4n) is 1.67. The molecule has 1 aromatic rings. The number of ether oxygens (including phenoxy) is 1. The Morgan fingerprint density at radius 3 is 2.75 bits per heavy atom. The molecule has 1 fully saturated rings. The molecular formula is C13H16ClN3O3. The molecule has 2 rings (SSSR count). The van der Waals surface area contributed by atoms with Crippen LogP contribution in [0, 0.1) is 5.92 Å². The number of hydrogen-bond donors (Lipinski definition) is 4. The van der Waals surface area contributed by atoms with E-state index in [9.17, 15) is 4.79 Å². The van der Waals surface area contributed by atoms with E-state index in [1.165, 1.54) is 12.8 Å². The van der Waals surface area contributed by atoms with Gasteiger partial charge in [0.05, 0.1) is 17.3 Å². The maximum absolute atomic E-state index is 11.0. The van der Waals surface area contributed by atoms with Gasteiger partial charge in [0.1, 0.15) is 5.75 Å². The highest BCUT2D eigenvalue weighted by Crippen LogP contribution is 2.32. The van der Waals surface area contributed by atoms with Crippen LogP contribution in [0.2, 0.25) is 5.02 Å². The molecule has 108 valence electrons. The Kier molecular flexibility index (Phi) is 4.36. The minimum absolute atomic E-state index is 0.0212. The maximum atomic E-state index is 11.0. The van der Waals surface area contributed by atoms with Crippen molar-refractivity contribution in [1.82, 2.24) is 5.43 Å². The van der Waals surface area contributed by atoms with Gasteiger partial charge in [0.2, 0.25) is 0 Å². The van der Waals surface area contributed by atoms with Crippen LogP contribution in [0.5, 0.6) is 5.75 Å². The lowest BCUT2D eigenvalue weighted by Crippen LogP contribution is -2.29. The van der Waals surface area contributed by atoms with E-state index >= 15 is 0 Å². The Morgan fingerprint density at radius 1 is 1.50 bits per heavy atom. The van der Waals surface area contributed by atoms with Crippen molar-refractivity contribution in [3.05, 3.63) is 34.5 Å². The number of nitrogens with one attached hydrogen (secondary N) is 1. The number of rotatable bonds is 6. The van der Waals surface area contributed by atoms with Crippen molar-refractivity contribution in [2.75, 3.05) is 6.61 Å². The Balaban J connectivity index is 2.27. The van der Waals surface area contributed by atoms with E-state index in [2.05, 4.69) is 5.43 Å². The number of carboxylic acid groups (broad SMARTS) is 1. The smallest absolute Gasteiger partial charge is 0.355 e. The summed E-state index contributed by atoms with van der Waals surface area (Å²) < 4.78 is 5.62. The monoisotopic (exact) mass is 297 g/mol. The summed E-state index contributed by atoms with van der Waals surface area (Å²) in [5.41, 5.74) is 8.10. The molecule has 0 amide bonds. The lowest BCUT2D eigenvalue weighted by Gasteiger charge is -2.11. The normalized spacial score (nSPS) is 15.5. The summed E-state index contributed by atoms with van der Waals surface area (Å²) in [5, 5.41) is 9.43. The van der Waals surface area contributed by atoms with Crippen LogP contribution < -0.4 is 21.7 Å². The summed E-state index contributed by atoms with van der Waals surface area (Å²) >= 11 is 6.04. The number of nitrogens with two attached hydrogens (primary N) is 2. The Morgan fingerprint density at radius 2 is 2.20 bits per heavy atom. The van der Waals surface area contributed by atoms with Crippen molar-refractivity contribution < 1.29 is 14.6 Å². The summed E-state index contributed by atoms with van der Waals surface area (Å²) in [6.45, 7) is 0.605. The second-order valence-electron chi connectivity index (χ2n) is 4.64. The zero-order valence-electron chi connectivity index (χ0n) is 10.7. The fraction of sp³-hybridized carbons (Fsp3) is 0.308. The SMILES string of the molecule is NN/C(C(=O)O)=C(\N)c1ccc(Cl)c(OCC2CC2)c1. The molecule has 0 spiro atoms. The van der Waals surface area contributed by atoms with Crippen LogP contribution in [0.3, 0.4) is 0 Å². The molecule has 0 aromatic heterocycles. The number of hydrazine groups is 1. The second kappa shape index (κ2) is 6.02. The van der Waals surface area contributed by atoms with Crippen LogP contribution in [-0.2, 0) is 4.79 Å². The van der Waals surface area contributed by atoms with Crippen LogP contribution in [0.15, 0.2) is 23.9 Å². The molecule has 1 aromatic carbocycles. The Labute approximate surface area is 121 Å². The summed E-state index contributed by atoms with van der Waals surface area (Å²) in [5.74, 6) is 5.00. The third-order valence-electron chi connectivity index (χ3n) is 3.04. The number of hydrogen-bond acceptors (Lipinski definition) is 5. The van der Waals surface area contributed by atoms with Crippen molar-refractivity contribution in [1.29, 1.82) is 0 Å². The summed E-state index contributed by atoms with van der Waals surface area (Å²) in [6, 6.07) is 4.84. The lowest BCUT2D eigenvalue weighted by molar-refractivity contribution is -0.133. The number of aliphatic carboxylic acids is 1. The van der Waals surface area contributed by atoms with Gasteiger partial charge in [-0.1, -0.05) is 17.7 Å². The van der Waals surface area contributed by atoms with E-state index in [0.717, 1.165) is 0 Å². The number of benzene rings is 1. The molecule has 0 aliphatic heterocycles. The van der Waals surface area contributed by atoms with Gasteiger partial charge < -0.3 is 21.0 Å². The van der Waals surface area contributed by atoms with Gasteiger partial charge in [0.15, 0.2) is 5.70 Å². The quantitative estimate of drug-likeness (QED) is 0.358. The molecule has 0 heterocycles. The standard InChI is InChI=1S/C13H16ClN3O3/c14-9-4-3-8(11(15)12(17-16)13(18)19)5-10(9)20-6-7-1-2-7/h3-5,7,17H,1-2,6,15-16H2,(H,18,19)/b12-11-. The molecule has 7 heteroatoms. The molecule has 0 unspecified atom stereocenters. The van der Waals surface area contributed by atoms with Gasteiger partial charge >= 0.3 is 5.97 Å². The van der Waals surface area contributed by atoms with Crippen molar-refractivity contribution in [2.24, 2.45) is 17.5 Å². The summed E-state index contributed by atoms with van der Waals surface area (Å²) in [4.78, 5) is 11.0. The Bertz CT molecular complexity index is 556. The molecule has 0 bridgehead atoms. The number of carbonyl (C=O) groups is 1. The number of halogens is 1. The van der Waals surface area contributed by atoms with E-state index in [1.807, 2.05) is 0 Å². The van der Waals surface area contributed by atoms with Crippen LogP contribution >= 0.6 is 11.6 Å². The minimum Gasteiger partial charge on any atom is -0.492 e. The molecule has 0 saturated heterocycles. The van der Waals surface area contributed by atoms with Crippen molar-refractivity contribution in [3.8, 4) is 5.75 Å². The molecule has 1 saturated carbocycles. The van der Waals surface area contributed by atoms with Crippen LogP contribution in [-0.4, -0.2) is 17.7 Å². The first-order valence-electron chi connectivity index (χ1n) is 6.15. The molecule has 1 aliphatic rings. The van der Waals surface area contributed by atoms with Crippen molar-refractivity contribution >= 4 is 23.3 Å². The minimum atomic E-state index is -1.24. The molecule has 6 N–H and O–H groups in total. The molecule has 6 nitrogen and oxygen atoms in total. The van der Waals surface area contributed by atoms with Gasteiger partial charge in [0.25, 0.3) is 0 Å². The van der Waals surface area contributed by atoms with Gasteiger partial charge in [-0.15, -0.1) is 0 Å². The molecule has 0 radical (unpaired) electrons.